The summed E-state index contributed by atoms with van der Waals surface area (Å²) in [5.41, 5.74) is 10.7. The van der Waals surface area contributed by atoms with Gasteiger partial charge < -0.3 is 9.47 Å². The van der Waals surface area contributed by atoms with Crippen molar-refractivity contribution in [2.24, 2.45) is 9.98 Å². The molecule has 0 aliphatic carbocycles. The summed E-state index contributed by atoms with van der Waals surface area (Å²) in [7, 11) is 12.9. The van der Waals surface area contributed by atoms with Crippen molar-refractivity contribution in [3.8, 4) is 0 Å². The van der Waals surface area contributed by atoms with Crippen molar-refractivity contribution in [2.45, 2.75) is 67.8 Å². The normalized spacial score (nSPS) is 14.0. The van der Waals surface area contributed by atoms with Gasteiger partial charge in [-0.3, -0.25) is 15.3 Å². The Bertz CT molecular complexity index is 900. The zero-order valence-electron chi connectivity index (χ0n) is 21.8. The van der Waals surface area contributed by atoms with Crippen LogP contribution in [0.25, 0.3) is 0 Å². The van der Waals surface area contributed by atoms with Gasteiger partial charge in [0, 0.05) is 14.2 Å². The third-order valence-electron chi connectivity index (χ3n) is 5.38. The molecule has 0 amide bonds. The third kappa shape index (κ3) is 9.08. The van der Waals surface area contributed by atoms with E-state index in [-0.39, 0.29) is 13.1 Å². The van der Waals surface area contributed by atoms with E-state index in [4.69, 9.17) is 39.7 Å². The maximum atomic E-state index is 5.71. The van der Waals surface area contributed by atoms with Crippen LogP contribution in [0.15, 0.2) is 34.3 Å². The van der Waals surface area contributed by atoms with Crippen LogP contribution in [0.4, 0.5) is 11.4 Å². The van der Waals surface area contributed by atoms with Crippen LogP contribution in [0.1, 0.15) is 47.2 Å². The molecule has 2 rings (SSSR count). The molecule has 8 heteroatoms. The minimum absolute atomic E-state index is 0.194. The second kappa shape index (κ2) is 15.0. The zero-order valence-corrected chi connectivity index (χ0v) is 24.4. The van der Waals surface area contributed by atoms with Crippen molar-refractivity contribution in [3.63, 3.8) is 0 Å². The zero-order chi connectivity index (χ0) is 26.0. The molecular formula is C26H37Cl2FeN3O2. The summed E-state index contributed by atoms with van der Waals surface area (Å²) in [6.45, 7) is 16.5. The maximum absolute atomic E-state index is 5.71. The van der Waals surface area contributed by atoms with Crippen molar-refractivity contribution in [2.75, 3.05) is 14.2 Å². The van der Waals surface area contributed by atoms with E-state index >= 15 is 0 Å². The molecule has 0 spiro atoms. The second-order valence-corrected chi connectivity index (χ2v) is 10.3. The number of nitrogens with zero attached hydrogens (tertiary/aromatic N) is 2. The van der Waals surface area contributed by atoms with Gasteiger partial charge in [-0.1, -0.05) is 35.4 Å². The summed E-state index contributed by atoms with van der Waals surface area (Å²) in [6.07, 6.45) is -0.814. The Hall–Kier alpha value is -1.24. The Morgan fingerprint density at radius 2 is 0.971 bits per heavy atom. The topological polar surface area (TPSA) is 55.2 Å². The molecule has 34 heavy (non-hydrogen) atoms. The van der Waals surface area contributed by atoms with Crippen LogP contribution >= 0.6 is 20.2 Å². The third-order valence-corrected chi connectivity index (χ3v) is 5.38. The van der Waals surface area contributed by atoms with Crippen LogP contribution < -0.4 is 5.32 Å². The van der Waals surface area contributed by atoms with E-state index < -0.39 is 12.5 Å². The van der Waals surface area contributed by atoms with Gasteiger partial charge in [0.2, 0.25) is 0 Å². The number of aryl methyl sites for hydroxylation is 6. The molecule has 0 fully saturated rings. The van der Waals surface area contributed by atoms with Gasteiger partial charge >= 0.3 is 33.3 Å². The Labute approximate surface area is 220 Å². The predicted molar refractivity (Wildman–Crippen MR) is 143 cm³/mol. The van der Waals surface area contributed by atoms with E-state index in [1.807, 2.05) is 13.8 Å². The van der Waals surface area contributed by atoms with Crippen LogP contribution in [0.2, 0.25) is 0 Å². The molecule has 5 nitrogen and oxygen atoms in total. The molecular weight excluding hydrogens is 513 g/mol. The summed E-state index contributed by atoms with van der Waals surface area (Å²) >= 11 is 0.194. The van der Waals surface area contributed by atoms with Gasteiger partial charge in [0.15, 0.2) is 0 Å². The number of hydrogen-bond acceptors (Lipinski definition) is 5. The molecule has 2 unspecified atom stereocenters. The van der Waals surface area contributed by atoms with Crippen LogP contribution in [-0.2, 0) is 22.6 Å². The SMILES string of the molecule is COC(NC(OC)C(C)=Nc1c(C)cc(C)cc1C)C(C)=Nc1c(C)cc(C)cc1C.[Cl][Fe][Cl]. The first-order valence-corrected chi connectivity index (χ1v) is 14.0. The van der Waals surface area contributed by atoms with Crippen molar-refractivity contribution < 1.29 is 22.6 Å². The van der Waals surface area contributed by atoms with Gasteiger partial charge in [-0.15, -0.1) is 0 Å². The first-order valence-electron chi connectivity index (χ1n) is 10.9. The molecule has 0 radical (unpaired) electrons. The van der Waals surface area contributed by atoms with Crippen molar-refractivity contribution in [1.82, 2.24) is 5.32 Å². The van der Waals surface area contributed by atoms with E-state index in [0.717, 1.165) is 45.1 Å². The average Bonchev–Trinajstić information content (AvgIpc) is 2.74. The molecule has 0 aliphatic rings. The van der Waals surface area contributed by atoms with Crippen molar-refractivity contribution >= 4 is 43.0 Å². The van der Waals surface area contributed by atoms with Crippen molar-refractivity contribution in [1.29, 1.82) is 0 Å². The fraction of sp³-hybridized carbons (Fsp3) is 0.462. The Morgan fingerprint density at radius 3 is 1.21 bits per heavy atom. The molecule has 0 saturated heterocycles. The van der Waals surface area contributed by atoms with Crippen molar-refractivity contribution in [3.05, 3.63) is 57.6 Å². The van der Waals surface area contributed by atoms with Gasteiger partial charge in [-0.05, 0) is 77.6 Å². The first-order chi connectivity index (χ1) is 16.0. The van der Waals surface area contributed by atoms with E-state index in [1.165, 1.54) is 11.1 Å². The Morgan fingerprint density at radius 1 is 0.706 bits per heavy atom. The summed E-state index contributed by atoms with van der Waals surface area (Å²) in [6, 6.07) is 8.59. The van der Waals surface area contributed by atoms with Gasteiger partial charge in [0.25, 0.3) is 0 Å². The number of aliphatic imine (C=N–C) groups is 2. The van der Waals surface area contributed by atoms with Crippen LogP contribution in [0.5, 0.6) is 0 Å². The second-order valence-electron chi connectivity index (χ2n) is 8.45. The molecule has 0 aliphatic heterocycles. The quantitative estimate of drug-likeness (QED) is 0.213. The monoisotopic (exact) mass is 549 g/mol. The standard InChI is InChI=1S/C26H37N3O2.2ClH.Fe/c1-15-11-17(3)23(18(4)12-15)27-21(7)25(30-9)29-26(31-10)22(8)28-24-19(5)13-16(2)14-20(24)6;;;/h11-14,25-26,29H,1-10H3;2*1H;/q;;;+2/p-2. The molecule has 0 aromatic heterocycles. The number of rotatable bonds is 8. The molecule has 2 aromatic carbocycles. The number of halogens is 2. The van der Waals surface area contributed by atoms with Gasteiger partial charge in [0.05, 0.1) is 22.8 Å². The number of methoxy groups -OCH3 is 2. The predicted octanol–water partition coefficient (Wildman–Crippen LogP) is 7.33. The number of benzene rings is 2. The molecule has 1 N–H and O–H groups in total. The molecule has 190 valence electrons. The summed E-state index contributed by atoms with van der Waals surface area (Å²) in [5, 5.41) is 3.39. The fourth-order valence-corrected chi connectivity index (χ4v) is 4.02. The Balaban J connectivity index is 0.00000182. The first kappa shape index (κ1) is 30.8. The van der Waals surface area contributed by atoms with Gasteiger partial charge in [-0.25, -0.2) is 0 Å². The molecule has 0 saturated carbocycles. The number of ether oxygens (including phenoxy) is 2. The van der Waals surface area contributed by atoms with Crippen LogP contribution in [0.3, 0.4) is 0 Å². The van der Waals surface area contributed by atoms with Gasteiger partial charge in [-0.2, -0.15) is 0 Å². The van der Waals surface area contributed by atoms with E-state index in [0.29, 0.717) is 0 Å². The average molecular weight is 550 g/mol. The minimum atomic E-state index is -0.407. The Kier molecular flexibility index (Phi) is 13.6. The van der Waals surface area contributed by atoms with Gasteiger partial charge in [0.1, 0.15) is 12.5 Å². The number of nitrogens with one attached hydrogen (secondary N) is 1. The summed E-state index contributed by atoms with van der Waals surface area (Å²) < 4.78 is 11.4. The van der Waals surface area contributed by atoms with Crippen LogP contribution in [-0.4, -0.2) is 38.1 Å². The van der Waals surface area contributed by atoms with Crippen LogP contribution in [0, 0.1) is 41.5 Å². The summed E-state index contributed by atoms with van der Waals surface area (Å²) in [4.78, 5) is 9.75. The fourth-order valence-electron chi connectivity index (χ4n) is 4.02. The van der Waals surface area contributed by atoms with E-state index in [2.05, 4.69) is 71.1 Å². The molecule has 0 bridgehead atoms. The number of hydrogen-bond donors (Lipinski definition) is 1. The summed E-state index contributed by atoms with van der Waals surface area (Å²) in [5.74, 6) is 0. The molecule has 2 atom stereocenters. The van der Waals surface area contributed by atoms with E-state index in [1.54, 1.807) is 14.2 Å². The molecule has 2 aromatic rings. The van der Waals surface area contributed by atoms with E-state index in [9.17, 15) is 0 Å². The molecule has 0 heterocycles.